The summed E-state index contributed by atoms with van der Waals surface area (Å²) in [6.07, 6.45) is 0. The van der Waals surface area contributed by atoms with Gasteiger partial charge in [-0.1, -0.05) is 54.6 Å². The number of hydrogen-bond acceptors (Lipinski definition) is 3. The average molecular weight is 293 g/mol. The first kappa shape index (κ1) is 14.6. The fourth-order valence-electron chi connectivity index (χ4n) is 2.44. The maximum Gasteiger partial charge on any atom is 0.134 e. The van der Waals surface area contributed by atoms with Crippen molar-refractivity contribution < 1.29 is 9.52 Å². The Labute approximate surface area is 130 Å². The lowest BCUT2D eigenvalue weighted by Gasteiger charge is -2.07. The van der Waals surface area contributed by atoms with Gasteiger partial charge in [0.1, 0.15) is 11.5 Å². The topological polar surface area (TPSA) is 45.4 Å². The lowest BCUT2D eigenvalue weighted by atomic mass is 10.1. The summed E-state index contributed by atoms with van der Waals surface area (Å²) in [6.45, 7) is 1.43. The number of hydrogen-bond donors (Lipinski definition) is 2. The fraction of sp³-hybridized carbons (Fsp3) is 0.158. The molecule has 3 rings (SSSR count). The molecule has 0 unspecified atom stereocenters. The highest BCUT2D eigenvalue weighted by molar-refractivity contribution is 5.57. The van der Waals surface area contributed by atoms with Crippen LogP contribution in [-0.4, -0.2) is 5.11 Å². The molecule has 0 spiro atoms. The van der Waals surface area contributed by atoms with E-state index in [1.165, 1.54) is 0 Å². The second-order valence-corrected chi connectivity index (χ2v) is 5.16. The standard InChI is InChI=1S/C19H19NO2/c21-14-17-9-5-4-8-16(17)12-20-13-18-10-11-19(22-18)15-6-2-1-3-7-15/h1-11,20-21H,12-14H2. The van der Waals surface area contributed by atoms with E-state index >= 15 is 0 Å². The van der Waals surface area contributed by atoms with Gasteiger partial charge in [0.25, 0.3) is 0 Å². The van der Waals surface area contributed by atoms with E-state index in [2.05, 4.69) is 5.32 Å². The Morgan fingerprint density at radius 2 is 1.50 bits per heavy atom. The van der Waals surface area contributed by atoms with Crippen LogP contribution >= 0.6 is 0 Å². The van der Waals surface area contributed by atoms with Crippen LogP contribution in [0.1, 0.15) is 16.9 Å². The van der Waals surface area contributed by atoms with Gasteiger partial charge < -0.3 is 14.8 Å². The molecule has 3 heteroatoms. The monoisotopic (exact) mass is 293 g/mol. The fourth-order valence-corrected chi connectivity index (χ4v) is 2.44. The number of rotatable bonds is 6. The number of aliphatic hydroxyl groups is 1. The molecule has 112 valence electrons. The summed E-state index contributed by atoms with van der Waals surface area (Å²) in [6, 6.07) is 21.9. The SMILES string of the molecule is OCc1ccccc1CNCc1ccc(-c2ccccc2)o1. The van der Waals surface area contributed by atoms with Gasteiger partial charge >= 0.3 is 0 Å². The minimum Gasteiger partial charge on any atom is -0.460 e. The molecule has 0 bridgehead atoms. The Morgan fingerprint density at radius 1 is 0.773 bits per heavy atom. The third kappa shape index (κ3) is 3.45. The largest absolute Gasteiger partial charge is 0.460 e. The summed E-state index contributed by atoms with van der Waals surface area (Å²) in [7, 11) is 0. The molecule has 22 heavy (non-hydrogen) atoms. The number of nitrogens with one attached hydrogen (secondary N) is 1. The van der Waals surface area contributed by atoms with Gasteiger partial charge in [-0.3, -0.25) is 0 Å². The highest BCUT2D eigenvalue weighted by Crippen LogP contribution is 2.21. The summed E-state index contributed by atoms with van der Waals surface area (Å²) in [5.74, 6) is 1.79. The minimum absolute atomic E-state index is 0.0662. The van der Waals surface area contributed by atoms with Crippen LogP contribution in [0.2, 0.25) is 0 Å². The first-order valence-corrected chi connectivity index (χ1v) is 7.39. The molecule has 3 nitrogen and oxygen atoms in total. The second-order valence-electron chi connectivity index (χ2n) is 5.16. The smallest absolute Gasteiger partial charge is 0.134 e. The Morgan fingerprint density at radius 3 is 2.27 bits per heavy atom. The van der Waals surface area contributed by atoms with E-state index in [0.717, 1.165) is 28.2 Å². The van der Waals surface area contributed by atoms with E-state index in [4.69, 9.17) is 4.42 Å². The maximum absolute atomic E-state index is 9.32. The molecule has 0 radical (unpaired) electrons. The molecule has 1 heterocycles. The molecule has 0 saturated heterocycles. The summed E-state index contributed by atoms with van der Waals surface area (Å²) < 4.78 is 5.85. The first-order chi connectivity index (χ1) is 10.9. The Balaban J connectivity index is 1.60. The van der Waals surface area contributed by atoms with Gasteiger partial charge in [0.05, 0.1) is 13.2 Å². The Bertz CT molecular complexity index is 719. The van der Waals surface area contributed by atoms with E-state index in [-0.39, 0.29) is 6.61 Å². The first-order valence-electron chi connectivity index (χ1n) is 7.39. The van der Waals surface area contributed by atoms with Crippen LogP contribution in [0.5, 0.6) is 0 Å². The number of furan rings is 1. The van der Waals surface area contributed by atoms with E-state index in [1.807, 2.05) is 66.7 Å². The van der Waals surface area contributed by atoms with E-state index in [9.17, 15) is 5.11 Å². The lowest BCUT2D eigenvalue weighted by Crippen LogP contribution is -2.13. The Kier molecular flexibility index (Phi) is 4.68. The summed E-state index contributed by atoms with van der Waals surface area (Å²) in [4.78, 5) is 0. The van der Waals surface area contributed by atoms with Crippen LogP contribution in [0, 0.1) is 0 Å². The van der Waals surface area contributed by atoms with Gasteiger partial charge in [-0.25, -0.2) is 0 Å². The summed E-state index contributed by atoms with van der Waals surface area (Å²) in [5, 5.41) is 12.7. The average Bonchev–Trinajstić information content (AvgIpc) is 3.05. The Hall–Kier alpha value is -2.36. The van der Waals surface area contributed by atoms with Crippen molar-refractivity contribution in [1.82, 2.24) is 5.32 Å². The zero-order valence-electron chi connectivity index (χ0n) is 12.3. The van der Waals surface area contributed by atoms with Crippen molar-refractivity contribution in [3.63, 3.8) is 0 Å². The van der Waals surface area contributed by atoms with Crippen LogP contribution in [0.3, 0.4) is 0 Å². The van der Waals surface area contributed by atoms with Crippen LogP contribution < -0.4 is 5.32 Å². The molecule has 3 aromatic rings. The minimum atomic E-state index is 0.0662. The van der Waals surface area contributed by atoms with Crippen molar-refractivity contribution in [2.45, 2.75) is 19.7 Å². The normalized spacial score (nSPS) is 10.8. The molecular weight excluding hydrogens is 274 g/mol. The molecule has 0 amide bonds. The predicted molar refractivity (Wildman–Crippen MR) is 87.1 cm³/mol. The molecular formula is C19H19NO2. The van der Waals surface area contributed by atoms with Gasteiger partial charge in [-0.2, -0.15) is 0 Å². The number of benzene rings is 2. The van der Waals surface area contributed by atoms with Crippen molar-refractivity contribution in [3.8, 4) is 11.3 Å². The summed E-state index contributed by atoms with van der Waals surface area (Å²) >= 11 is 0. The number of aliphatic hydroxyl groups excluding tert-OH is 1. The van der Waals surface area contributed by atoms with Gasteiger partial charge in [-0.15, -0.1) is 0 Å². The van der Waals surface area contributed by atoms with Gasteiger partial charge in [0, 0.05) is 12.1 Å². The molecule has 0 aliphatic heterocycles. The van der Waals surface area contributed by atoms with Gasteiger partial charge in [0.2, 0.25) is 0 Å². The zero-order valence-corrected chi connectivity index (χ0v) is 12.3. The third-order valence-corrected chi connectivity index (χ3v) is 3.62. The van der Waals surface area contributed by atoms with E-state index in [0.29, 0.717) is 13.1 Å². The van der Waals surface area contributed by atoms with E-state index in [1.54, 1.807) is 0 Å². The van der Waals surface area contributed by atoms with Crippen molar-refractivity contribution in [3.05, 3.63) is 83.6 Å². The van der Waals surface area contributed by atoms with Gasteiger partial charge in [0.15, 0.2) is 0 Å². The van der Waals surface area contributed by atoms with Crippen LogP contribution in [0.4, 0.5) is 0 Å². The van der Waals surface area contributed by atoms with Crippen molar-refractivity contribution in [2.75, 3.05) is 0 Å². The highest BCUT2D eigenvalue weighted by atomic mass is 16.3. The van der Waals surface area contributed by atoms with Crippen LogP contribution in [0.25, 0.3) is 11.3 Å². The second kappa shape index (κ2) is 7.07. The maximum atomic E-state index is 9.32. The summed E-state index contributed by atoms with van der Waals surface area (Å²) in [5.41, 5.74) is 3.15. The molecule has 0 atom stereocenters. The van der Waals surface area contributed by atoms with Crippen LogP contribution in [-0.2, 0) is 19.7 Å². The van der Waals surface area contributed by atoms with E-state index < -0.39 is 0 Å². The molecule has 0 aliphatic carbocycles. The molecule has 0 aliphatic rings. The highest BCUT2D eigenvalue weighted by Gasteiger charge is 2.05. The van der Waals surface area contributed by atoms with Crippen molar-refractivity contribution in [1.29, 1.82) is 0 Å². The molecule has 0 fully saturated rings. The molecule has 2 aromatic carbocycles. The van der Waals surface area contributed by atoms with Crippen molar-refractivity contribution >= 4 is 0 Å². The predicted octanol–water partition coefficient (Wildman–Crippen LogP) is 3.73. The molecule has 0 saturated carbocycles. The van der Waals surface area contributed by atoms with Crippen molar-refractivity contribution in [2.24, 2.45) is 0 Å². The zero-order chi connectivity index (χ0) is 15.2. The van der Waals surface area contributed by atoms with Crippen LogP contribution in [0.15, 0.2) is 71.1 Å². The van der Waals surface area contributed by atoms with Gasteiger partial charge in [-0.05, 0) is 23.3 Å². The molecule has 1 aromatic heterocycles. The third-order valence-electron chi connectivity index (χ3n) is 3.62. The lowest BCUT2D eigenvalue weighted by molar-refractivity contribution is 0.280. The quantitative estimate of drug-likeness (QED) is 0.728. The molecule has 2 N–H and O–H groups in total.